The van der Waals surface area contributed by atoms with E-state index in [4.69, 9.17) is 11.6 Å². The zero-order chi connectivity index (χ0) is 19.2. The van der Waals surface area contributed by atoms with Crippen molar-refractivity contribution in [3.05, 3.63) is 101 Å². The van der Waals surface area contributed by atoms with Gasteiger partial charge in [0.15, 0.2) is 0 Å². The Morgan fingerprint density at radius 3 is 2.19 bits per heavy atom. The van der Waals surface area contributed by atoms with Gasteiger partial charge in [-0.2, -0.15) is 0 Å². The molecule has 3 aromatic carbocycles. The largest absolute Gasteiger partial charge is 0.346 e. The van der Waals surface area contributed by atoms with Crippen molar-refractivity contribution in [1.82, 2.24) is 5.32 Å². The molecule has 0 aliphatic rings. The van der Waals surface area contributed by atoms with Crippen LogP contribution in [0.4, 0.5) is 5.69 Å². The second-order valence-corrected chi connectivity index (χ2v) is 6.59. The molecule has 3 rings (SSSR count). The summed E-state index contributed by atoms with van der Waals surface area (Å²) in [4.78, 5) is 25.0. The first-order valence-corrected chi connectivity index (χ1v) is 8.93. The lowest BCUT2D eigenvalue weighted by molar-refractivity contribution is 0.0940. The summed E-state index contributed by atoms with van der Waals surface area (Å²) in [6.45, 7) is 1.92. The Labute approximate surface area is 163 Å². The molecular weight excluding hydrogens is 360 g/mol. The number of hydrogen-bond donors (Lipinski definition) is 2. The maximum Gasteiger partial charge on any atom is 0.255 e. The second-order valence-electron chi connectivity index (χ2n) is 6.15. The van der Waals surface area contributed by atoms with Gasteiger partial charge in [-0.3, -0.25) is 9.59 Å². The number of benzene rings is 3. The predicted molar refractivity (Wildman–Crippen MR) is 108 cm³/mol. The third kappa shape index (κ3) is 4.96. The van der Waals surface area contributed by atoms with Gasteiger partial charge in [-0.15, -0.1) is 0 Å². The van der Waals surface area contributed by atoms with Crippen molar-refractivity contribution in [2.75, 3.05) is 5.32 Å². The molecule has 1 unspecified atom stereocenters. The molecule has 1 atom stereocenters. The molecule has 5 heteroatoms. The van der Waals surface area contributed by atoms with Gasteiger partial charge in [0, 0.05) is 21.8 Å². The minimum absolute atomic E-state index is 0.136. The van der Waals surface area contributed by atoms with Crippen LogP contribution in [0.25, 0.3) is 0 Å². The van der Waals surface area contributed by atoms with E-state index >= 15 is 0 Å². The molecule has 2 amide bonds. The number of nitrogens with one attached hydrogen (secondary N) is 2. The highest BCUT2D eigenvalue weighted by molar-refractivity contribution is 6.31. The molecule has 0 fully saturated rings. The summed E-state index contributed by atoms with van der Waals surface area (Å²) in [6.07, 6.45) is 0. The number of carbonyl (C=O) groups is 2. The quantitative estimate of drug-likeness (QED) is 0.650. The Morgan fingerprint density at radius 1 is 0.815 bits per heavy atom. The molecule has 0 saturated carbocycles. The number of carbonyl (C=O) groups excluding carboxylic acids is 2. The Kier molecular flexibility index (Phi) is 5.89. The molecule has 0 heterocycles. The second kappa shape index (κ2) is 8.52. The van der Waals surface area contributed by atoms with E-state index in [9.17, 15) is 9.59 Å². The van der Waals surface area contributed by atoms with Gasteiger partial charge in [0.05, 0.1) is 6.04 Å². The van der Waals surface area contributed by atoms with Crippen molar-refractivity contribution in [2.45, 2.75) is 13.0 Å². The van der Waals surface area contributed by atoms with Gasteiger partial charge in [0.1, 0.15) is 0 Å². The first-order chi connectivity index (χ1) is 13.0. The van der Waals surface area contributed by atoms with Crippen LogP contribution in [-0.2, 0) is 0 Å². The Balaban J connectivity index is 1.71. The number of rotatable bonds is 5. The van der Waals surface area contributed by atoms with E-state index in [1.165, 1.54) is 0 Å². The lowest BCUT2D eigenvalue weighted by Crippen LogP contribution is -2.27. The van der Waals surface area contributed by atoms with E-state index < -0.39 is 0 Å². The normalized spacial score (nSPS) is 11.5. The first kappa shape index (κ1) is 18.7. The highest BCUT2D eigenvalue weighted by Crippen LogP contribution is 2.17. The van der Waals surface area contributed by atoms with Gasteiger partial charge in [-0.05, 0) is 48.9 Å². The van der Waals surface area contributed by atoms with E-state index in [1.54, 1.807) is 48.5 Å². The fourth-order valence-corrected chi connectivity index (χ4v) is 2.87. The molecule has 3 aromatic rings. The van der Waals surface area contributed by atoms with Crippen LogP contribution in [0.5, 0.6) is 0 Å². The van der Waals surface area contributed by atoms with Gasteiger partial charge in [0.25, 0.3) is 11.8 Å². The molecule has 2 N–H and O–H groups in total. The maximum absolute atomic E-state index is 12.5. The van der Waals surface area contributed by atoms with Crippen LogP contribution in [0, 0.1) is 0 Å². The fourth-order valence-electron chi connectivity index (χ4n) is 2.68. The van der Waals surface area contributed by atoms with Crippen molar-refractivity contribution in [3.63, 3.8) is 0 Å². The third-order valence-corrected chi connectivity index (χ3v) is 4.35. The van der Waals surface area contributed by atoms with Gasteiger partial charge in [-0.1, -0.05) is 54.1 Å². The van der Waals surface area contributed by atoms with E-state index in [0.717, 1.165) is 5.56 Å². The lowest BCUT2D eigenvalue weighted by atomic mass is 10.1. The monoisotopic (exact) mass is 378 g/mol. The maximum atomic E-state index is 12.5. The van der Waals surface area contributed by atoms with E-state index in [2.05, 4.69) is 10.6 Å². The van der Waals surface area contributed by atoms with Crippen molar-refractivity contribution in [3.8, 4) is 0 Å². The Bertz CT molecular complexity index is 957. The van der Waals surface area contributed by atoms with Crippen molar-refractivity contribution >= 4 is 29.1 Å². The molecule has 0 aromatic heterocycles. The SMILES string of the molecule is CC(NC(=O)c1cccc(C(=O)Nc2cccc(Cl)c2)c1)c1ccccc1. The molecule has 0 spiro atoms. The number of anilines is 1. The summed E-state index contributed by atoms with van der Waals surface area (Å²) in [5, 5.41) is 6.26. The molecule has 27 heavy (non-hydrogen) atoms. The third-order valence-electron chi connectivity index (χ3n) is 4.12. The molecule has 0 bridgehead atoms. The topological polar surface area (TPSA) is 58.2 Å². The summed E-state index contributed by atoms with van der Waals surface area (Å²) in [7, 11) is 0. The van der Waals surface area contributed by atoms with Gasteiger partial charge in [-0.25, -0.2) is 0 Å². The molecule has 4 nitrogen and oxygen atoms in total. The summed E-state index contributed by atoms with van der Waals surface area (Å²) in [6, 6.07) is 23.1. The summed E-state index contributed by atoms with van der Waals surface area (Å²) in [5.41, 5.74) is 2.44. The van der Waals surface area contributed by atoms with Crippen molar-refractivity contribution in [2.24, 2.45) is 0 Å². The van der Waals surface area contributed by atoms with Gasteiger partial charge in [0.2, 0.25) is 0 Å². The number of amides is 2. The Morgan fingerprint density at radius 2 is 1.48 bits per heavy atom. The Hall–Kier alpha value is -3.11. The van der Waals surface area contributed by atoms with Gasteiger partial charge < -0.3 is 10.6 Å². The standard InChI is InChI=1S/C22H19ClN2O2/c1-15(16-7-3-2-4-8-16)24-21(26)17-9-5-10-18(13-17)22(27)25-20-12-6-11-19(23)14-20/h2-15H,1H3,(H,24,26)(H,25,27). The molecule has 0 radical (unpaired) electrons. The van der Waals surface area contributed by atoms with Crippen LogP contribution in [-0.4, -0.2) is 11.8 Å². The van der Waals surface area contributed by atoms with E-state index in [1.807, 2.05) is 37.3 Å². The summed E-state index contributed by atoms with van der Waals surface area (Å²) < 4.78 is 0. The van der Waals surface area contributed by atoms with Crippen LogP contribution in [0.2, 0.25) is 5.02 Å². The highest BCUT2D eigenvalue weighted by atomic mass is 35.5. The smallest absolute Gasteiger partial charge is 0.255 e. The van der Waals surface area contributed by atoms with Gasteiger partial charge >= 0.3 is 0 Å². The molecule has 0 aliphatic carbocycles. The average molecular weight is 379 g/mol. The summed E-state index contributed by atoms with van der Waals surface area (Å²) in [5.74, 6) is -0.535. The molecule has 136 valence electrons. The van der Waals surface area contributed by atoms with Crippen molar-refractivity contribution < 1.29 is 9.59 Å². The zero-order valence-electron chi connectivity index (χ0n) is 14.8. The first-order valence-electron chi connectivity index (χ1n) is 8.56. The molecule has 0 aliphatic heterocycles. The number of halogens is 1. The molecule has 0 saturated heterocycles. The fraction of sp³-hybridized carbons (Fsp3) is 0.0909. The predicted octanol–water partition coefficient (Wildman–Crippen LogP) is 5.08. The van der Waals surface area contributed by atoms with Crippen LogP contribution >= 0.6 is 11.6 Å². The van der Waals surface area contributed by atoms with Crippen molar-refractivity contribution in [1.29, 1.82) is 0 Å². The lowest BCUT2D eigenvalue weighted by Gasteiger charge is -2.14. The van der Waals surface area contributed by atoms with E-state index in [0.29, 0.717) is 21.8 Å². The number of hydrogen-bond acceptors (Lipinski definition) is 2. The van der Waals surface area contributed by atoms with E-state index in [-0.39, 0.29) is 17.9 Å². The van der Waals surface area contributed by atoms with Crippen LogP contribution in [0.1, 0.15) is 39.2 Å². The van der Waals surface area contributed by atoms with Crippen LogP contribution in [0.3, 0.4) is 0 Å². The zero-order valence-corrected chi connectivity index (χ0v) is 15.5. The minimum atomic E-state index is -0.303. The average Bonchev–Trinajstić information content (AvgIpc) is 2.68. The van der Waals surface area contributed by atoms with Crippen LogP contribution < -0.4 is 10.6 Å². The minimum Gasteiger partial charge on any atom is -0.346 e. The molecular formula is C22H19ClN2O2. The van der Waals surface area contributed by atoms with Crippen LogP contribution in [0.15, 0.2) is 78.9 Å². The summed E-state index contributed by atoms with van der Waals surface area (Å²) >= 11 is 5.94. The highest BCUT2D eigenvalue weighted by Gasteiger charge is 2.14.